The molecule has 2 heterocycles. The van der Waals surface area contributed by atoms with Gasteiger partial charge < -0.3 is 10.0 Å². The highest BCUT2D eigenvalue weighted by atomic mass is 16.3. The fourth-order valence-corrected chi connectivity index (χ4v) is 3.56. The predicted octanol–water partition coefficient (Wildman–Crippen LogP) is 3.32. The molecule has 1 N–H and O–H groups in total. The smallest absolute Gasteiger partial charge is 0.227 e. The molecule has 1 atom stereocenters. The maximum Gasteiger partial charge on any atom is 0.227 e. The van der Waals surface area contributed by atoms with Crippen LogP contribution < -0.4 is 4.90 Å². The van der Waals surface area contributed by atoms with E-state index >= 15 is 0 Å². The lowest BCUT2D eigenvalue weighted by molar-refractivity contribution is -0.117. The van der Waals surface area contributed by atoms with Crippen LogP contribution in [0.15, 0.2) is 60.7 Å². The summed E-state index contributed by atoms with van der Waals surface area (Å²) in [6.45, 7) is 0.665. The van der Waals surface area contributed by atoms with Crippen LogP contribution in [0.5, 0.6) is 0 Å². The fourth-order valence-electron chi connectivity index (χ4n) is 3.56. The number of para-hydroxylation sites is 2. The van der Waals surface area contributed by atoms with Crippen LogP contribution in [-0.4, -0.2) is 22.5 Å². The Morgan fingerprint density at radius 2 is 1.84 bits per heavy atom. The second kappa shape index (κ2) is 6.65. The summed E-state index contributed by atoms with van der Waals surface area (Å²) >= 11 is 0. The van der Waals surface area contributed by atoms with Crippen molar-refractivity contribution >= 4 is 22.5 Å². The molecule has 1 amide bonds. The average molecular weight is 332 g/mol. The van der Waals surface area contributed by atoms with Crippen molar-refractivity contribution in [1.82, 2.24) is 4.98 Å². The zero-order chi connectivity index (χ0) is 17.2. The van der Waals surface area contributed by atoms with Crippen LogP contribution in [0, 0.1) is 5.92 Å². The molecule has 1 aromatic heterocycles. The summed E-state index contributed by atoms with van der Waals surface area (Å²) in [6.07, 6.45) is 1.23. The number of hydrogen-bond acceptors (Lipinski definition) is 3. The van der Waals surface area contributed by atoms with Gasteiger partial charge in [-0.1, -0.05) is 36.4 Å². The molecular formula is C21H20N2O2. The maximum absolute atomic E-state index is 12.4. The number of aromatic nitrogens is 1. The van der Waals surface area contributed by atoms with E-state index in [1.54, 1.807) is 0 Å². The van der Waals surface area contributed by atoms with E-state index in [9.17, 15) is 9.90 Å². The Kier molecular flexibility index (Phi) is 4.20. The minimum atomic E-state index is -0.0315. The SMILES string of the molecule is O=C1CC(Cc2nc3ccccc3cc2CO)CN1c1ccccc1. The van der Waals surface area contributed by atoms with Gasteiger partial charge in [-0.25, -0.2) is 0 Å². The third-order valence-corrected chi connectivity index (χ3v) is 4.82. The van der Waals surface area contributed by atoms with Crippen LogP contribution in [-0.2, 0) is 17.8 Å². The van der Waals surface area contributed by atoms with Crippen molar-refractivity contribution < 1.29 is 9.90 Å². The van der Waals surface area contributed by atoms with Crippen molar-refractivity contribution in [2.24, 2.45) is 5.92 Å². The van der Waals surface area contributed by atoms with Crippen LogP contribution in [0.2, 0.25) is 0 Å². The lowest BCUT2D eigenvalue weighted by Crippen LogP contribution is -2.24. The van der Waals surface area contributed by atoms with Gasteiger partial charge in [-0.3, -0.25) is 9.78 Å². The number of rotatable bonds is 4. The molecule has 0 saturated carbocycles. The van der Waals surface area contributed by atoms with Crippen molar-refractivity contribution in [3.63, 3.8) is 0 Å². The number of aliphatic hydroxyl groups excluding tert-OH is 1. The molecule has 126 valence electrons. The number of pyridine rings is 1. The van der Waals surface area contributed by atoms with Gasteiger partial charge >= 0.3 is 0 Å². The third-order valence-electron chi connectivity index (χ3n) is 4.82. The lowest BCUT2D eigenvalue weighted by Gasteiger charge is -2.17. The van der Waals surface area contributed by atoms with Crippen LogP contribution in [0.3, 0.4) is 0 Å². The second-order valence-corrected chi connectivity index (χ2v) is 6.56. The summed E-state index contributed by atoms with van der Waals surface area (Å²) in [5.41, 5.74) is 3.63. The third kappa shape index (κ3) is 3.13. The minimum Gasteiger partial charge on any atom is -0.392 e. The van der Waals surface area contributed by atoms with Gasteiger partial charge in [-0.2, -0.15) is 0 Å². The van der Waals surface area contributed by atoms with Crippen molar-refractivity contribution in [1.29, 1.82) is 0 Å². The van der Waals surface area contributed by atoms with Gasteiger partial charge in [0.05, 0.1) is 12.1 Å². The molecule has 1 fully saturated rings. The summed E-state index contributed by atoms with van der Waals surface area (Å²) < 4.78 is 0. The highest BCUT2D eigenvalue weighted by molar-refractivity contribution is 5.95. The largest absolute Gasteiger partial charge is 0.392 e. The first-order valence-electron chi connectivity index (χ1n) is 8.58. The van der Waals surface area contributed by atoms with Crippen LogP contribution >= 0.6 is 0 Å². The van der Waals surface area contributed by atoms with Crippen LogP contribution in [0.4, 0.5) is 5.69 Å². The molecule has 0 bridgehead atoms. The van der Waals surface area contributed by atoms with Gasteiger partial charge in [0.2, 0.25) is 5.91 Å². The molecule has 0 radical (unpaired) electrons. The Morgan fingerprint density at radius 1 is 1.08 bits per heavy atom. The highest BCUT2D eigenvalue weighted by Crippen LogP contribution is 2.28. The van der Waals surface area contributed by atoms with Gasteiger partial charge in [-0.15, -0.1) is 0 Å². The van der Waals surface area contributed by atoms with Gasteiger partial charge in [0, 0.05) is 29.7 Å². The number of carbonyl (C=O) groups is 1. The normalized spacial score (nSPS) is 17.4. The first-order chi connectivity index (χ1) is 12.2. The number of fused-ring (bicyclic) bond motifs is 1. The van der Waals surface area contributed by atoms with Gasteiger partial charge in [-0.05, 0) is 42.2 Å². The van der Waals surface area contributed by atoms with E-state index in [4.69, 9.17) is 4.98 Å². The maximum atomic E-state index is 12.4. The van der Waals surface area contributed by atoms with Gasteiger partial charge in [0.25, 0.3) is 0 Å². The summed E-state index contributed by atoms with van der Waals surface area (Å²) in [4.78, 5) is 19.0. The summed E-state index contributed by atoms with van der Waals surface area (Å²) in [7, 11) is 0. The molecule has 4 nitrogen and oxygen atoms in total. The Balaban J connectivity index is 1.58. The van der Waals surface area contributed by atoms with Crippen LogP contribution in [0.1, 0.15) is 17.7 Å². The lowest BCUT2D eigenvalue weighted by atomic mass is 9.98. The van der Waals surface area contributed by atoms with E-state index in [2.05, 4.69) is 0 Å². The van der Waals surface area contributed by atoms with Crippen molar-refractivity contribution in [3.8, 4) is 0 Å². The Hall–Kier alpha value is -2.72. The van der Waals surface area contributed by atoms with E-state index in [-0.39, 0.29) is 18.4 Å². The predicted molar refractivity (Wildman–Crippen MR) is 98.3 cm³/mol. The molecule has 1 saturated heterocycles. The van der Waals surface area contributed by atoms with Crippen molar-refractivity contribution in [3.05, 3.63) is 71.9 Å². The van der Waals surface area contributed by atoms with E-state index < -0.39 is 0 Å². The molecule has 0 spiro atoms. The number of carbonyl (C=O) groups excluding carboxylic acids is 1. The number of aliphatic hydroxyl groups is 1. The van der Waals surface area contributed by atoms with E-state index in [1.807, 2.05) is 65.6 Å². The Bertz CT molecular complexity index is 908. The molecule has 1 unspecified atom stereocenters. The standard InChI is InChI=1S/C21H20N2O2/c24-14-17-12-16-6-4-5-9-19(16)22-20(17)10-15-11-21(25)23(13-15)18-7-2-1-3-8-18/h1-9,12,15,24H,10-11,13-14H2. The summed E-state index contributed by atoms with van der Waals surface area (Å²) in [5, 5.41) is 10.7. The highest BCUT2D eigenvalue weighted by Gasteiger charge is 2.31. The number of nitrogens with zero attached hydrogens (tertiary/aromatic N) is 2. The van der Waals surface area contributed by atoms with E-state index in [0.29, 0.717) is 19.4 Å². The molecule has 4 rings (SSSR count). The first-order valence-corrected chi connectivity index (χ1v) is 8.58. The monoisotopic (exact) mass is 332 g/mol. The zero-order valence-corrected chi connectivity index (χ0v) is 13.9. The number of anilines is 1. The molecule has 3 aromatic rings. The molecule has 1 aliphatic rings. The summed E-state index contributed by atoms with van der Waals surface area (Å²) in [5.74, 6) is 0.370. The molecule has 0 aliphatic carbocycles. The molecule has 4 heteroatoms. The minimum absolute atomic E-state index is 0.0315. The topological polar surface area (TPSA) is 53.4 Å². The Labute approximate surface area is 146 Å². The van der Waals surface area contributed by atoms with Crippen molar-refractivity contribution in [2.45, 2.75) is 19.4 Å². The quantitative estimate of drug-likeness (QED) is 0.797. The van der Waals surface area contributed by atoms with Gasteiger partial charge in [0.15, 0.2) is 0 Å². The van der Waals surface area contributed by atoms with Crippen LogP contribution in [0.25, 0.3) is 10.9 Å². The molecular weight excluding hydrogens is 312 g/mol. The number of hydrogen-bond donors (Lipinski definition) is 1. The van der Waals surface area contributed by atoms with E-state index in [1.165, 1.54) is 0 Å². The first kappa shape index (κ1) is 15.8. The number of amides is 1. The average Bonchev–Trinajstić information content (AvgIpc) is 3.02. The summed E-state index contributed by atoms with van der Waals surface area (Å²) in [6, 6.07) is 19.7. The zero-order valence-electron chi connectivity index (χ0n) is 13.9. The Morgan fingerprint density at radius 3 is 2.64 bits per heavy atom. The molecule has 25 heavy (non-hydrogen) atoms. The molecule has 1 aliphatic heterocycles. The van der Waals surface area contributed by atoms with E-state index in [0.717, 1.165) is 27.8 Å². The van der Waals surface area contributed by atoms with Gasteiger partial charge in [0.1, 0.15) is 0 Å². The van der Waals surface area contributed by atoms with Crippen molar-refractivity contribution in [2.75, 3.05) is 11.4 Å². The molecule has 2 aromatic carbocycles. The fraction of sp³-hybridized carbons (Fsp3) is 0.238. The number of benzene rings is 2. The second-order valence-electron chi connectivity index (χ2n) is 6.56.